The predicted octanol–water partition coefficient (Wildman–Crippen LogP) is 2.65. The van der Waals surface area contributed by atoms with Crippen LogP contribution in [0.15, 0.2) is 24.3 Å². The van der Waals surface area contributed by atoms with Gasteiger partial charge in [0.25, 0.3) is 0 Å². The summed E-state index contributed by atoms with van der Waals surface area (Å²) in [4.78, 5) is 16.0. The third-order valence-electron chi connectivity index (χ3n) is 3.11. The lowest BCUT2D eigenvalue weighted by Crippen LogP contribution is -2.30. The Kier molecular flexibility index (Phi) is 6.36. The summed E-state index contributed by atoms with van der Waals surface area (Å²) < 4.78 is 0. The summed E-state index contributed by atoms with van der Waals surface area (Å²) in [6.07, 6.45) is 0. The van der Waals surface area contributed by atoms with Crippen LogP contribution in [0.25, 0.3) is 0 Å². The summed E-state index contributed by atoms with van der Waals surface area (Å²) in [5.41, 5.74) is 1.90. The highest BCUT2D eigenvalue weighted by atomic mass is 79.9. The highest BCUT2D eigenvalue weighted by Gasteiger charge is 2.06. The molecule has 100 valence electrons. The first kappa shape index (κ1) is 15.2. The van der Waals surface area contributed by atoms with Gasteiger partial charge in [0.05, 0.1) is 5.33 Å². The number of likely N-dealkylation sites (N-methyl/N-ethyl adjacent to an activating group) is 2. The lowest BCUT2D eigenvalue weighted by Gasteiger charge is -2.23. The van der Waals surface area contributed by atoms with E-state index in [0.29, 0.717) is 5.33 Å². The molecule has 0 N–H and O–H groups in total. The van der Waals surface area contributed by atoms with Crippen LogP contribution in [0.3, 0.4) is 0 Å². The molecule has 0 spiro atoms. The molecule has 1 aromatic carbocycles. The first-order valence-electron chi connectivity index (χ1n) is 6.17. The zero-order valence-corrected chi connectivity index (χ0v) is 12.9. The monoisotopic (exact) mass is 312 g/mol. The van der Waals surface area contributed by atoms with Crippen LogP contribution >= 0.6 is 15.9 Å². The average Bonchev–Trinajstić information content (AvgIpc) is 2.43. The van der Waals surface area contributed by atoms with Gasteiger partial charge in [0.1, 0.15) is 0 Å². The van der Waals surface area contributed by atoms with E-state index in [0.717, 1.165) is 30.9 Å². The molecule has 0 heterocycles. The first-order chi connectivity index (χ1) is 8.58. The van der Waals surface area contributed by atoms with E-state index in [2.05, 4.69) is 46.7 Å². The minimum Gasteiger partial charge on any atom is -0.373 e. The number of carbonyl (C=O) groups excluding carboxylic acids is 1. The average molecular weight is 313 g/mol. The fourth-order valence-electron chi connectivity index (χ4n) is 1.59. The normalized spacial score (nSPS) is 10.7. The third kappa shape index (κ3) is 4.42. The van der Waals surface area contributed by atoms with Crippen molar-refractivity contribution in [2.45, 2.75) is 6.92 Å². The molecule has 0 aliphatic heterocycles. The van der Waals surface area contributed by atoms with Crippen LogP contribution < -0.4 is 4.90 Å². The molecular weight excluding hydrogens is 292 g/mol. The maximum absolute atomic E-state index is 11.5. The van der Waals surface area contributed by atoms with E-state index in [9.17, 15) is 4.79 Å². The number of nitrogens with zero attached hydrogens (tertiary/aromatic N) is 2. The van der Waals surface area contributed by atoms with Gasteiger partial charge in [0, 0.05) is 31.4 Å². The SMILES string of the molecule is CCN(C)CCN(C)c1ccc(C(=O)CBr)cc1. The van der Waals surface area contributed by atoms with Gasteiger partial charge in [-0.2, -0.15) is 0 Å². The Morgan fingerprint density at radius 3 is 2.28 bits per heavy atom. The molecule has 0 unspecified atom stereocenters. The van der Waals surface area contributed by atoms with Crippen LogP contribution in [0.4, 0.5) is 5.69 Å². The molecule has 0 radical (unpaired) electrons. The number of rotatable bonds is 7. The number of hydrogen-bond donors (Lipinski definition) is 0. The molecule has 0 atom stereocenters. The highest BCUT2D eigenvalue weighted by molar-refractivity contribution is 9.09. The number of alkyl halides is 1. The Morgan fingerprint density at radius 2 is 1.78 bits per heavy atom. The van der Waals surface area contributed by atoms with Crippen molar-refractivity contribution in [3.8, 4) is 0 Å². The van der Waals surface area contributed by atoms with Crippen molar-refractivity contribution in [2.24, 2.45) is 0 Å². The van der Waals surface area contributed by atoms with Crippen molar-refractivity contribution < 1.29 is 4.79 Å². The molecule has 0 aliphatic carbocycles. The fraction of sp³-hybridized carbons (Fsp3) is 0.500. The van der Waals surface area contributed by atoms with Crippen molar-refractivity contribution >= 4 is 27.4 Å². The second-order valence-electron chi connectivity index (χ2n) is 4.42. The van der Waals surface area contributed by atoms with Gasteiger partial charge in [-0.3, -0.25) is 4.79 Å². The maximum atomic E-state index is 11.5. The van der Waals surface area contributed by atoms with E-state index in [1.165, 1.54) is 0 Å². The Labute approximate surface area is 118 Å². The largest absolute Gasteiger partial charge is 0.373 e. The summed E-state index contributed by atoms with van der Waals surface area (Å²) in [5, 5.41) is 0.378. The van der Waals surface area contributed by atoms with Crippen LogP contribution in [-0.4, -0.2) is 49.7 Å². The molecule has 0 saturated carbocycles. The van der Waals surface area contributed by atoms with Gasteiger partial charge in [0.2, 0.25) is 0 Å². The first-order valence-corrected chi connectivity index (χ1v) is 7.29. The minimum absolute atomic E-state index is 0.120. The van der Waals surface area contributed by atoms with Gasteiger partial charge in [-0.1, -0.05) is 22.9 Å². The van der Waals surface area contributed by atoms with Gasteiger partial charge in [-0.15, -0.1) is 0 Å². The predicted molar refractivity (Wildman–Crippen MR) is 81.0 cm³/mol. The summed E-state index contributed by atoms with van der Waals surface area (Å²) in [7, 11) is 4.19. The van der Waals surface area contributed by atoms with Crippen molar-refractivity contribution in [1.82, 2.24) is 4.90 Å². The van der Waals surface area contributed by atoms with Crippen molar-refractivity contribution in [1.29, 1.82) is 0 Å². The number of Topliss-reactive ketones (excluding diaryl/α,β-unsaturated/α-hetero) is 1. The summed E-state index contributed by atoms with van der Waals surface area (Å²) >= 11 is 3.18. The lowest BCUT2D eigenvalue weighted by molar-refractivity contribution is 0.102. The molecule has 0 aromatic heterocycles. The van der Waals surface area contributed by atoms with Crippen LogP contribution in [0.5, 0.6) is 0 Å². The van der Waals surface area contributed by atoms with E-state index < -0.39 is 0 Å². The summed E-state index contributed by atoms with van der Waals surface area (Å²) in [5.74, 6) is 0.120. The molecule has 4 heteroatoms. The van der Waals surface area contributed by atoms with Gasteiger partial charge in [-0.05, 0) is 37.9 Å². The molecule has 1 aromatic rings. The van der Waals surface area contributed by atoms with E-state index >= 15 is 0 Å². The van der Waals surface area contributed by atoms with Crippen LogP contribution in [0, 0.1) is 0 Å². The second-order valence-corrected chi connectivity index (χ2v) is 4.98. The standard InChI is InChI=1S/C14H21BrN2O/c1-4-16(2)9-10-17(3)13-7-5-12(6-8-13)14(18)11-15/h5-8H,4,9-11H2,1-3H3. The topological polar surface area (TPSA) is 23.6 Å². The number of benzene rings is 1. The lowest BCUT2D eigenvalue weighted by atomic mass is 10.1. The van der Waals surface area contributed by atoms with Gasteiger partial charge >= 0.3 is 0 Å². The molecule has 0 saturated heterocycles. The van der Waals surface area contributed by atoms with Gasteiger partial charge in [0.15, 0.2) is 5.78 Å². The Balaban J connectivity index is 2.59. The number of anilines is 1. The van der Waals surface area contributed by atoms with E-state index in [1.54, 1.807) is 0 Å². The van der Waals surface area contributed by atoms with E-state index in [1.807, 2.05) is 24.3 Å². The van der Waals surface area contributed by atoms with Crippen LogP contribution in [0.1, 0.15) is 17.3 Å². The quantitative estimate of drug-likeness (QED) is 0.571. The van der Waals surface area contributed by atoms with E-state index in [4.69, 9.17) is 0 Å². The summed E-state index contributed by atoms with van der Waals surface area (Å²) in [6.45, 7) is 5.23. The minimum atomic E-state index is 0.120. The number of carbonyl (C=O) groups is 1. The van der Waals surface area contributed by atoms with Crippen molar-refractivity contribution in [2.75, 3.05) is 44.0 Å². The van der Waals surface area contributed by atoms with Crippen molar-refractivity contribution in [3.63, 3.8) is 0 Å². The maximum Gasteiger partial charge on any atom is 0.173 e. The molecule has 3 nitrogen and oxygen atoms in total. The van der Waals surface area contributed by atoms with E-state index in [-0.39, 0.29) is 5.78 Å². The Bertz CT molecular complexity index is 378. The Morgan fingerprint density at radius 1 is 1.17 bits per heavy atom. The van der Waals surface area contributed by atoms with Gasteiger partial charge < -0.3 is 9.80 Å². The van der Waals surface area contributed by atoms with Gasteiger partial charge in [-0.25, -0.2) is 0 Å². The zero-order chi connectivity index (χ0) is 13.5. The Hall–Kier alpha value is -0.870. The molecular formula is C14H21BrN2O. The molecule has 1 rings (SSSR count). The molecule has 0 bridgehead atoms. The molecule has 18 heavy (non-hydrogen) atoms. The molecule has 0 fully saturated rings. The number of hydrogen-bond acceptors (Lipinski definition) is 3. The highest BCUT2D eigenvalue weighted by Crippen LogP contribution is 2.14. The zero-order valence-electron chi connectivity index (χ0n) is 11.3. The smallest absolute Gasteiger partial charge is 0.173 e. The molecule has 0 aliphatic rings. The summed E-state index contributed by atoms with van der Waals surface area (Å²) in [6, 6.07) is 7.78. The molecule has 0 amide bonds. The second kappa shape index (κ2) is 7.54. The third-order valence-corrected chi connectivity index (χ3v) is 3.62. The van der Waals surface area contributed by atoms with Crippen LogP contribution in [-0.2, 0) is 0 Å². The van der Waals surface area contributed by atoms with Crippen LogP contribution in [0.2, 0.25) is 0 Å². The number of ketones is 1. The van der Waals surface area contributed by atoms with Crippen molar-refractivity contribution in [3.05, 3.63) is 29.8 Å². The fourth-order valence-corrected chi connectivity index (χ4v) is 1.91. The number of halogens is 1.